The highest BCUT2D eigenvalue weighted by atomic mass is 32.1. The molecule has 3 aromatic heterocycles. The molecule has 0 saturated carbocycles. The Morgan fingerprint density at radius 2 is 1.93 bits per heavy atom. The molecule has 0 bridgehead atoms. The van der Waals surface area contributed by atoms with E-state index >= 15 is 0 Å². The average Bonchev–Trinajstić information content (AvgIpc) is 3.12. The van der Waals surface area contributed by atoms with Crippen LogP contribution in [-0.4, -0.2) is 15.9 Å². The number of thiophene rings is 1. The van der Waals surface area contributed by atoms with Gasteiger partial charge in [-0.05, 0) is 43.7 Å². The van der Waals surface area contributed by atoms with Crippen LogP contribution < -0.4 is 15.4 Å². The Bertz CT molecular complexity index is 1250. The number of nitrogens with one attached hydrogen (secondary N) is 2. The number of para-hydroxylation sites is 1. The van der Waals surface area contributed by atoms with Crippen LogP contribution in [0.15, 0.2) is 54.7 Å². The molecule has 0 saturated heterocycles. The SMILES string of the molecule is Cc1cc(C)c2c3c(sc2n1)C(=O)NC(c1ccccc1OCc1ccccn1)N3. The summed E-state index contributed by atoms with van der Waals surface area (Å²) in [5, 5.41) is 7.57. The zero-order valence-corrected chi connectivity index (χ0v) is 17.4. The van der Waals surface area contributed by atoms with E-state index in [0.29, 0.717) is 17.2 Å². The summed E-state index contributed by atoms with van der Waals surface area (Å²) in [5.41, 5.74) is 4.60. The summed E-state index contributed by atoms with van der Waals surface area (Å²) < 4.78 is 6.04. The van der Waals surface area contributed by atoms with E-state index in [-0.39, 0.29) is 5.91 Å². The minimum atomic E-state index is -0.400. The smallest absolute Gasteiger partial charge is 0.265 e. The number of carbonyl (C=O) groups is 1. The molecular weight excluding hydrogens is 396 g/mol. The van der Waals surface area contributed by atoms with Crippen LogP contribution in [0.5, 0.6) is 5.75 Å². The van der Waals surface area contributed by atoms with Crippen molar-refractivity contribution >= 4 is 33.1 Å². The summed E-state index contributed by atoms with van der Waals surface area (Å²) in [7, 11) is 0. The standard InChI is InChI=1S/C23H20N4O2S/c1-13-11-14(2)25-23-18(13)19-20(30-23)22(28)27-21(26-19)16-8-3-4-9-17(16)29-12-15-7-5-6-10-24-15/h3-11,21,26H,12H2,1-2H3,(H,27,28). The van der Waals surface area contributed by atoms with Gasteiger partial charge in [0.2, 0.25) is 0 Å². The number of nitrogens with zero attached hydrogens (tertiary/aromatic N) is 2. The number of anilines is 1. The average molecular weight is 417 g/mol. The molecule has 5 rings (SSSR count). The number of hydrogen-bond acceptors (Lipinski definition) is 6. The number of fused-ring (bicyclic) bond motifs is 3. The topological polar surface area (TPSA) is 76.1 Å². The zero-order valence-electron chi connectivity index (χ0n) is 16.6. The molecule has 7 heteroatoms. The van der Waals surface area contributed by atoms with Crippen LogP contribution in [0.3, 0.4) is 0 Å². The van der Waals surface area contributed by atoms with Crippen molar-refractivity contribution in [1.82, 2.24) is 15.3 Å². The molecule has 1 amide bonds. The van der Waals surface area contributed by atoms with Gasteiger partial charge in [-0.25, -0.2) is 4.98 Å². The van der Waals surface area contributed by atoms with Crippen LogP contribution in [0.2, 0.25) is 0 Å². The monoisotopic (exact) mass is 416 g/mol. The second-order valence-electron chi connectivity index (χ2n) is 7.27. The Kier molecular flexibility index (Phi) is 4.59. The molecule has 2 N–H and O–H groups in total. The summed E-state index contributed by atoms with van der Waals surface area (Å²) >= 11 is 1.42. The number of aromatic nitrogens is 2. The lowest BCUT2D eigenvalue weighted by Gasteiger charge is -2.28. The van der Waals surface area contributed by atoms with Crippen molar-refractivity contribution in [2.45, 2.75) is 26.6 Å². The molecule has 6 nitrogen and oxygen atoms in total. The molecule has 4 heterocycles. The highest BCUT2D eigenvalue weighted by Crippen LogP contribution is 2.41. The molecule has 0 radical (unpaired) electrons. The number of ether oxygens (including phenoxy) is 1. The first kappa shape index (κ1) is 18.6. The third kappa shape index (κ3) is 3.27. The summed E-state index contributed by atoms with van der Waals surface area (Å²) in [6, 6.07) is 15.5. The van der Waals surface area contributed by atoms with Crippen LogP contribution in [0.1, 0.15) is 38.4 Å². The van der Waals surface area contributed by atoms with Crippen LogP contribution >= 0.6 is 11.3 Å². The second kappa shape index (κ2) is 7.42. The Balaban J connectivity index is 1.49. The fourth-order valence-corrected chi connectivity index (χ4v) is 4.92. The maximum atomic E-state index is 12.9. The molecule has 0 spiro atoms. The molecular formula is C23H20N4O2S. The van der Waals surface area contributed by atoms with Gasteiger partial charge in [-0.1, -0.05) is 24.3 Å². The molecule has 1 aliphatic heterocycles. The van der Waals surface area contributed by atoms with Gasteiger partial charge in [-0.15, -0.1) is 11.3 Å². The van der Waals surface area contributed by atoms with Gasteiger partial charge < -0.3 is 15.4 Å². The largest absolute Gasteiger partial charge is 0.487 e. The van der Waals surface area contributed by atoms with Gasteiger partial charge in [0.15, 0.2) is 0 Å². The Morgan fingerprint density at radius 3 is 2.77 bits per heavy atom. The first-order valence-electron chi connectivity index (χ1n) is 9.70. The number of benzene rings is 1. The van der Waals surface area contributed by atoms with Gasteiger partial charge in [-0.2, -0.15) is 0 Å². The van der Waals surface area contributed by atoms with Crippen molar-refractivity contribution in [3.63, 3.8) is 0 Å². The first-order valence-corrected chi connectivity index (χ1v) is 10.5. The van der Waals surface area contributed by atoms with Crippen LogP contribution in [0.4, 0.5) is 5.69 Å². The highest BCUT2D eigenvalue weighted by molar-refractivity contribution is 7.21. The number of hydrogen-bond donors (Lipinski definition) is 2. The lowest BCUT2D eigenvalue weighted by atomic mass is 10.1. The molecule has 1 aliphatic rings. The zero-order chi connectivity index (χ0) is 20.7. The summed E-state index contributed by atoms with van der Waals surface area (Å²) in [4.78, 5) is 23.4. The Morgan fingerprint density at radius 1 is 1.10 bits per heavy atom. The van der Waals surface area contributed by atoms with Crippen LogP contribution in [0, 0.1) is 13.8 Å². The molecule has 1 atom stereocenters. The molecule has 0 aliphatic carbocycles. The van der Waals surface area contributed by atoms with Gasteiger partial charge in [0.25, 0.3) is 5.91 Å². The number of rotatable bonds is 4. The van der Waals surface area contributed by atoms with Crippen molar-refractivity contribution in [2.24, 2.45) is 0 Å². The van der Waals surface area contributed by atoms with E-state index < -0.39 is 6.17 Å². The maximum Gasteiger partial charge on any atom is 0.265 e. The molecule has 0 fully saturated rings. The van der Waals surface area contributed by atoms with Gasteiger partial charge in [0, 0.05) is 22.8 Å². The predicted molar refractivity (Wildman–Crippen MR) is 118 cm³/mol. The van der Waals surface area contributed by atoms with E-state index in [1.54, 1.807) is 6.20 Å². The number of carbonyl (C=O) groups excluding carboxylic acids is 1. The quantitative estimate of drug-likeness (QED) is 0.502. The van der Waals surface area contributed by atoms with Crippen LogP contribution in [0.25, 0.3) is 10.2 Å². The van der Waals surface area contributed by atoms with E-state index in [1.165, 1.54) is 11.3 Å². The predicted octanol–water partition coefficient (Wildman–Crippen LogP) is 4.74. The normalized spacial score (nSPS) is 15.4. The van der Waals surface area contributed by atoms with Crippen molar-refractivity contribution in [3.8, 4) is 5.75 Å². The van der Waals surface area contributed by atoms with Crippen LogP contribution in [-0.2, 0) is 6.61 Å². The third-order valence-corrected chi connectivity index (χ3v) is 6.17. The lowest BCUT2D eigenvalue weighted by Crippen LogP contribution is -2.37. The third-order valence-electron chi connectivity index (χ3n) is 5.09. The van der Waals surface area contributed by atoms with E-state index in [2.05, 4.69) is 27.5 Å². The first-order chi connectivity index (χ1) is 14.6. The summed E-state index contributed by atoms with van der Waals surface area (Å²) in [5.74, 6) is 0.600. The molecule has 30 heavy (non-hydrogen) atoms. The van der Waals surface area contributed by atoms with E-state index in [4.69, 9.17) is 4.74 Å². The fraction of sp³-hybridized carbons (Fsp3) is 0.174. The number of pyridine rings is 2. The summed E-state index contributed by atoms with van der Waals surface area (Å²) in [6.45, 7) is 4.38. The van der Waals surface area contributed by atoms with Crippen molar-refractivity contribution < 1.29 is 9.53 Å². The minimum Gasteiger partial charge on any atom is -0.487 e. The highest BCUT2D eigenvalue weighted by Gasteiger charge is 2.31. The lowest BCUT2D eigenvalue weighted by molar-refractivity contribution is 0.0939. The van der Waals surface area contributed by atoms with Gasteiger partial charge in [0.05, 0.1) is 11.4 Å². The van der Waals surface area contributed by atoms with E-state index in [0.717, 1.165) is 38.4 Å². The molecule has 150 valence electrons. The van der Waals surface area contributed by atoms with Crippen molar-refractivity contribution in [3.05, 3.63) is 82.1 Å². The number of aryl methyl sites for hydroxylation is 2. The van der Waals surface area contributed by atoms with E-state index in [9.17, 15) is 4.79 Å². The Hall–Kier alpha value is -3.45. The fourth-order valence-electron chi connectivity index (χ4n) is 3.76. The number of amides is 1. The van der Waals surface area contributed by atoms with Gasteiger partial charge >= 0.3 is 0 Å². The molecule has 1 aromatic carbocycles. The molecule has 4 aromatic rings. The second-order valence-corrected chi connectivity index (χ2v) is 8.26. The molecule has 1 unspecified atom stereocenters. The van der Waals surface area contributed by atoms with E-state index in [1.807, 2.05) is 55.5 Å². The van der Waals surface area contributed by atoms with Gasteiger partial charge in [0.1, 0.15) is 28.2 Å². The maximum absolute atomic E-state index is 12.9. The van der Waals surface area contributed by atoms with Gasteiger partial charge in [-0.3, -0.25) is 9.78 Å². The Labute approximate surface area is 178 Å². The summed E-state index contributed by atoms with van der Waals surface area (Å²) in [6.07, 6.45) is 1.35. The minimum absolute atomic E-state index is 0.103. The van der Waals surface area contributed by atoms with Crippen molar-refractivity contribution in [1.29, 1.82) is 0 Å². The van der Waals surface area contributed by atoms with Crippen molar-refractivity contribution in [2.75, 3.05) is 5.32 Å².